The van der Waals surface area contributed by atoms with E-state index in [1.807, 2.05) is 18.2 Å². The quantitative estimate of drug-likeness (QED) is 0.403. The van der Waals surface area contributed by atoms with Gasteiger partial charge in [0.15, 0.2) is 0 Å². The molecule has 23 heavy (non-hydrogen) atoms. The molecule has 1 spiro atoms. The zero-order valence-electron chi connectivity index (χ0n) is 13.4. The summed E-state index contributed by atoms with van der Waals surface area (Å²) < 4.78 is 5.03. The summed E-state index contributed by atoms with van der Waals surface area (Å²) in [5.41, 5.74) is 2.22. The highest BCUT2D eigenvalue weighted by Crippen LogP contribution is 2.39. The van der Waals surface area contributed by atoms with Gasteiger partial charge in [-0.15, -0.1) is 0 Å². The van der Waals surface area contributed by atoms with Crippen LogP contribution in [0.4, 0.5) is 0 Å². The van der Waals surface area contributed by atoms with Gasteiger partial charge in [-0.3, -0.25) is 4.99 Å². The van der Waals surface area contributed by atoms with Crippen LogP contribution in [0.3, 0.4) is 0 Å². The summed E-state index contributed by atoms with van der Waals surface area (Å²) in [6, 6.07) is 7.90. The summed E-state index contributed by atoms with van der Waals surface area (Å²) in [7, 11) is 0. The fourth-order valence-electron chi connectivity index (χ4n) is 3.66. The van der Waals surface area contributed by atoms with Gasteiger partial charge in [0.05, 0.1) is 12.1 Å². The number of aliphatic imine (C=N–C) groups is 1. The maximum atomic E-state index is 12.2. The smallest absolute Gasteiger partial charge is 0.362 e. The lowest BCUT2D eigenvalue weighted by Crippen LogP contribution is -2.41. The molecule has 1 aromatic carbocycles. The summed E-state index contributed by atoms with van der Waals surface area (Å²) >= 11 is 0. The molecule has 5 heteroatoms. The molecule has 0 amide bonds. The highest BCUT2D eigenvalue weighted by Gasteiger charge is 2.38. The van der Waals surface area contributed by atoms with Gasteiger partial charge in [-0.2, -0.15) is 0 Å². The third-order valence-corrected chi connectivity index (χ3v) is 4.72. The third kappa shape index (κ3) is 3.00. The first-order chi connectivity index (χ1) is 11.2. The lowest BCUT2D eigenvalue weighted by molar-refractivity contribution is -0.134. The van der Waals surface area contributed by atoms with E-state index in [9.17, 15) is 10.0 Å². The van der Waals surface area contributed by atoms with E-state index < -0.39 is 5.97 Å². The molecule has 0 atom stereocenters. The minimum atomic E-state index is -0.628. The number of hydrogen-bond acceptors (Lipinski definition) is 5. The molecule has 3 rings (SSSR count). The Balaban J connectivity index is 2.07. The molecule has 1 N–H and O–H groups in total. The van der Waals surface area contributed by atoms with Gasteiger partial charge in [-0.25, -0.2) is 4.79 Å². The summed E-state index contributed by atoms with van der Waals surface area (Å²) in [4.78, 5) is 17.1. The summed E-state index contributed by atoms with van der Waals surface area (Å²) in [6.45, 7) is 1.96. The number of carbonyl (C=O) groups is 1. The van der Waals surface area contributed by atoms with Crippen LogP contribution in [0.1, 0.15) is 50.2 Å². The summed E-state index contributed by atoms with van der Waals surface area (Å²) in [5, 5.41) is 12.6. The van der Waals surface area contributed by atoms with Gasteiger partial charge in [0.2, 0.25) is 5.71 Å². The maximum Gasteiger partial charge on any atom is 0.362 e. The van der Waals surface area contributed by atoms with Crippen molar-refractivity contribution >= 4 is 17.4 Å². The van der Waals surface area contributed by atoms with Gasteiger partial charge in [0, 0.05) is 5.56 Å². The Morgan fingerprint density at radius 3 is 2.74 bits per heavy atom. The molecule has 2 aliphatic rings. The molecule has 1 heterocycles. The maximum absolute atomic E-state index is 12.2. The van der Waals surface area contributed by atoms with Crippen LogP contribution in [-0.2, 0) is 16.0 Å². The first kappa shape index (κ1) is 15.7. The lowest BCUT2D eigenvalue weighted by atomic mass is 9.74. The monoisotopic (exact) mass is 314 g/mol. The Morgan fingerprint density at radius 2 is 2.04 bits per heavy atom. The second-order valence-electron chi connectivity index (χ2n) is 6.25. The molecule has 0 radical (unpaired) electrons. The summed E-state index contributed by atoms with van der Waals surface area (Å²) in [6.07, 6.45) is 6.41. The summed E-state index contributed by atoms with van der Waals surface area (Å²) in [5.74, 6) is -0.628. The molecule has 1 fully saturated rings. The van der Waals surface area contributed by atoms with Crippen LogP contribution in [0.15, 0.2) is 34.4 Å². The van der Waals surface area contributed by atoms with Crippen molar-refractivity contribution in [2.45, 2.75) is 51.0 Å². The van der Waals surface area contributed by atoms with Crippen molar-refractivity contribution in [3.8, 4) is 0 Å². The number of oxime groups is 1. The van der Waals surface area contributed by atoms with Gasteiger partial charge in [0.25, 0.3) is 0 Å². The predicted molar refractivity (Wildman–Crippen MR) is 88.4 cm³/mol. The highest BCUT2D eigenvalue weighted by atomic mass is 16.5. The fraction of sp³-hybridized carbons (Fsp3) is 0.500. The molecule has 1 aliphatic heterocycles. The number of ether oxygens (including phenoxy) is 1. The Morgan fingerprint density at radius 1 is 1.30 bits per heavy atom. The Labute approximate surface area is 136 Å². The molecule has 5 nitrogen and oxygen atoms in total. The minimum Gasteiger partial charge on any atom is -0.461 e. The van der Waals surface area contributed by atoms with Crippen molar-refractivity contribution in [1.82, 2.24) is 0 Å². The van der Waals surface area contributed by atoms with Gasteiger partial charge >= 0.3 is 5.97 Å². The number of hydrogen-bond donors (Lipinski definition) is 1. The first-order valence-electron chi connectivity index (χ1n) is 8.27. The normalized spacial score (nSPS) is 19.9. The molecule has 1 aliphatic carbocycles. The molecule has 0 aromatic heterocycles. The van der Waals surface area contributed by atoms with E-state index >= 15 is 0 Å². The van der Waals surface area contributed by atoms with Crippen LogP contribution >= 0.6 is 0 Å². The number of rotatable bonds is 3. The Bertz CT molecular complexity index is 658. The van der Waals surface area contributed by atoms with Crippen LogP contribution < -0.4 is 0 Å². The topological polar surface area (TPSA) is 71.2 Å². The van der Waals surface area contributed by atoms with E-state index in [0.29, 0.717) is 5.71 Å². The molecular weight excluding hydrogens is 292 g/mol. The zero-order valence-corrected chi connectivity index (χ0v) is 13.4. The van der Waals surface area contributed by atoms with Crippen molar-refractivity contribution in [1.29, 1.82) is 0 Å². The van der Waals surface area contributed by atoms with Crippen LogP contribution in [0, 0.1) is 0 Å². The van der Waals surface area contributed by atoms with Crippen molar-refractivity contribution in [2.75, 3.05) is 6.61 Å². The minimum absolute atomic E-state index is 0.0936. The number of benzene rings is 1. The van der Waals surface area contributed by atoms with Gasteiger partial charge in [0.1, 0.15) is 5.71 Å². The SMILES string of the molecule is CCOC(=O)/C(=N\O)C1=NC2(CCCCC2)Cc2ccccc21. The molecule has 0 saturated heterocycles. The Hall–Kier alpha value is -2.17. The zero-order chi connectivity index (χ0) is 16.3. The van der Waals surface area contributed by atoms with Crippen molar-refractivity contribution in [2.24, 2.45) is 10.1 Å². The number of nitrogens with zero attached hydrogens (tertiary/aromatic N) is 2. The molecular formula is C18H22N2O3. The van der Waals surface area contributed by atoms with Gasteiger partial charge in [-0.05, 0) is 31.7 Å². The first-order valence-corrected chi connectivity index (χ1v) is 8.27. The molecule has 122 valence electrons. The van der Waals surface area contributed by atoms with E-state index in [1.54, 1.807) is 6.92 Å². The average Bonchev–Trinajstić information content (AvgIpc) is 2.56. The average molecular weight is 314 g/mol. The van der Waals surface area contributed by atoms with Crippen molar-refractivity contribution in [3.05, 3.63) is 35.4 Å². The van der Waals surface area contributed by atoms with Crippen LogP contribution in [-0.4, -0.2) is 34.7 Å². The van der Waals surface area contributed by atoms with E-state index in [4.69, 9.17) is 9.73 Å². The van der Waals surface area contributed by atoms with Crippen LogP contribution in [0.2, 0.25) is 0 Å². The number of carbonyl (C=O) groups excluding carboxylic acids is 1. The van der Waals surface area contributed by atoms with Gasteiger partial charge < -0.3 is 9.94 Å². The van der Waals surface area contributed by atoms with E-state index in [2.05, 4.69) is 11.2 Å². The van der Waals surface area contributed by atoms with E-state index in [1.165, 1.54) is 6.42 Å². The van der Waals surface area contributed by atoms with E-state index in [0.717, 1.165) is 43.2 Å². The number of esters is 1. The molecule has 0 bridgehead atoms. The predicted octanol–water partition coefficient (Wildman–Crippen LogP) is 3.13. The van der Waals surface area contributed by atoms with Crippen molar-refractivity contribution < 1.29 is 14.7 Å². The van der Waals surface area contributed by atoms with E-state index in [-0.39, 0.29) is 17.9 Å². The lowest BCUT2D eigenvalue weighted by Gasteiger charge is -2.38. The third-order valence-electron chi connectivity index (χ3n) is 4.72. The Kier molecular flexibility index (Phi) is 4.46. The standard InChI is InChI=1S/C18H22N2O3/c1-2-23-17(21)16(20-22)15-14-9-5-4-8-13(14)12-18(19-15)10-6-3-7-11-18/h4-5,8-9,22H,2-3,6-7,10-12H2,1H3/b20-16-. The highest BCUT2D eigenvalue weighted by molar-refractivity contribution is 6.69. The van der Waals surface area contributed by atoms with Crippen molar-refractivity contribution in [3.63, 3.8) is 0 Å². The largest absolute Gasteiger partial charge is 0.461 e. The second kappa shape index (κ2) is 6.52. The fourth-order valence-corrected chi connectivity index (χ4v) is 3.66. The van der Waals surface area contributed by atoms with Crippen LogP contribution in [0.25, 0.3) is 0 Å². The van der Waals surface area contributed by atoms with Crippen LogP contribution in [0.5, 0.6) is 0 Å². The molecule has 0 unspecified atom stereocenters. The van der Waals surface area contributed by atoms with Gasteiger partial charge in [-0.1, -0.05) is 48.7 Å². The molecule has 1 saturated carbocycles. The second-order valence-corrected chi connectivity index (χ2v) is 6.25. The molecule has 1 aromatic rings. The number of fused-ring (bicyclic) bond motifs is 1.